The summed E-state index contributed by atoms with van der Waals surface area (Å²) in [5.74, 6) is -0.303. The van der Waals surface area contributed by atoms with E-state index < -0.39 is 6.04 Å². The highest BCUT2D eigenvalue weighted by Crippen LogP contribution is 2.07. The zero-order valence-electron chi connectivity index (χ0n) is 10.6. The summed E-state index contributed by atoms with van der Waals surface area (Å²) in [6.07, 6.45) is 2.18. The number of ether oxygens (including phenoxy) is 1. The van der Waals surface area contributed by atoms with Crippen molar-refractivity contribution in [3.63, 3.8) is 0 Å². The fourth-order valence-corrected chi connectivity index (χ4v) is 1.66. The number of carbonyl (C=O) groups excluding carboxylic acids is 1. The average Bonchev–Trinajstić information content (AvgIpc) is 2.36. The minimum Gasteiger partial charge on any atom is -0.461 e. The van der Waals surface area contributed by atoms with E-state index in [4.69, 9.17) is 10.5 Å². The van der Waals surface area contributed by atoms with Crippen LogP contribution in [0, 0.1) is 0 Å². The highest BCUT2D eigenvalue weighted by molar-refractivity contribution is 5.76. The van der Waals surface area contributed by atoms with E-state index in [-0.39, 0.29) is 12.1 Å². The van der Waals surface area contributed by atoms with Crippen LogP contribution >= 0.6 is 0 Å². The van der Waals surface area contributed by atoms with Gasteiger partial charge in [-0.1, -0.05) is 44.2 Å². The number of hydrogen-bond acceptors (Lipinski definition) is 3. The maximum absolute atomic E-state index is 11.7. The fraction of sp³-hybridized carbons (Fsp3) is 0.500. The molecule has 0 fully saturated rings. The molecular formula is C14H21NO2. The van der Waals surface area contributed by atoms with Gasteiger partial charge < -0.3 is 10.5 Å². The second-order valence-electron chi connectivity index (χ2n) is 4.17. The first kappa shape index (κ1) is 13.7. The van der Waals surface area contributed by atoms with Crippen molar-refractivity contribution < 1.29 is 9.53 Å². The molecule has 1 rings (SSSR count). The molecule has 0 aromatic heterocycles. The molecule has 0 bridgehead atoms. The van der Waals surface area contributed by atoms with Gasteiger partial charge in [0, 0.05) is 0 Å². The average molecular weight is 235 g/mol. The van der Waals surface area contributed by atoms with Crippen molar-refractivity contribution in [2.75, 3.05) is 0 Å². The first-order chi connectivity index (χ1) is 8.17. The van der Waals surface area contributed by atoms with Gasteiger partial charge in [0.05, 0.1) is 0 Å². The molecule has 0 aliphatic carbocycles. The van der Waals surface area contributed by atoms with Crippen molar-refractivity contribution >= 4 is 5.97 Å². The van der Waals surface area contributed by atoms with E-state index in [2.05, 4.69) is 0 Å². The topological polar surface area (TPSA) is 52.3 Å². The van der Waals surface area contributed by atoms with Gasteiger partial charge >= 0.3 is 5.97 Å². The Hall–Kier alpha value is -1.35. The second-order valence-corrected chi connectivity index (χ2v) is 4.17. The molecule has 1 atom stereocenters. The molecular weight excluding hydrogens is 214 g/mol. The van der Waals surface area contributed by atoms with E-state index in [1.807, 2.05) is 44.2 Å². The number of nitrogens with two attached hydrogens (primary N) is 1. The molecule has 1 aromatic rings. The summed E-state index contributed by atoms with van der Waals surface area (Å²) in [6.45, 7) is 4.01. The van der Waals surface area contributed by atoms with Crippen molar-refractivity contribution in [2.24, 2.45) is 5.73 Å². The minimum absolute atomic E-state index is 0.00989. The van der Waals surface area contributed by atoms with Gasteiger partial charge in [0.1, 0.15) is 12.1 Å². The van der Waals surface area contributed by atoms with E-state index in [9.17, 15) is 4.79 Å². The Bertz CT molecular complexity index is 333. The maximum Gasteiger partial charge on any atom is 0.323 e. The summed E-state index contributed by atoms with van der Waals surface area (Å²) in [4.78, 5) is 11.7. The summed E-state index contributed by atoms with van der Waals surface area (Å²) in [5, 5.41) is 0. The number of esters is 1. The van der Waals surface area contributed by atoms with E-state index in [0.717, 1.165) is 18.4 Å². The summed E-state index contributed by atoms with van der Waals surface area (Å²) in [7, 11) is 0. The monoisotopic (exact) mass is 235 g/mol. The minimum atomic E-state index is -0.571. The molecule has 3 nitrogen and oxygen atoms in total. The highest BCUT2D eigenvalue weighted by Gasteiger charge is 2.18. The summed E-state index contributed by atoms with van der Waals surface area (Å²) >= 11 is 0. The molecule has 0 heterocycles. The van der Waals surface area contributed by atoms with Crippen LogP contribution in [-0.2, 0) is 16.0 Å². The van der Waals surface area contributed by atoms with Crippen LogP contribution in [0.25, 0.3) is 0 Å². The molecule has 3 heteroatoms. The van der Waals surface area contributed by atoms with Crippen LogP contribution in [0.2, 0.25) is 0 Å². The number of rotatable bonds is 6. The highest BCUT2D eigenvalue weighted by atomic mass is 16.5. The van der Waals surface area contributed by atoms with Crippen LogP contribution in [0.5, 0.6) is 0 Å². The Morgan fingerprint density at radius 3 is 2.35 bits per heavy atom. The quantitative estimate of drug-likeness (QED) is 0.770. The van der Waals surface area contributed by atoms with Gasteiger partial charge in [-0.2, -0.15) is 0 Å². The Labute approximate surface area is 103 Å². The van der Waals surface area contributed by atoms with Gasteiger partial charge in [-0.3, -0.25) is 4.79 Å². The lowest BCUT2D eigenvalue weighted by Crippen LogP contribution is -2.36. The van der Waals surface area contributed by atoms with Crippen molar-refractivity contribution in [3.05, 3.63) is 35.9 Å². The normalized spacial score (nSPS) is 12.5. The molecule has 17 heavy (non-hydrogen) atoms. The van der Waals surface area contributed by atoms with E-state index in [1.54, 1.807) is 0 Å². The first-order valence-electron chi connectivity index (χ1n) is 6.17. The van der Waals surface area contributed by atoms with Crippen LogP contribution in [0.15, 0.2) is 30.3 Å². The van der Waals surface area contributed by atoms with Gasteiger partial charge in [-0.05, 0) is 24.8 Å². The second kappa shape index (κ2) is 7.07. The van der Waals surface area contributed by atoms with Crippen molar-refractivity contribution in [1.82, 2.24) is 0 Å². The Morgan fingerprint density at radius 2 is 1.82 bits per heavy atom. The van der Waals surface area contributed by atoms with Gasteiger partial charge in [-0.25, -0.2) is 0 Å². The number of carbonyl (C=O) groups is 1. The SMILES string of the molecule is CCC(CC)OC(=O)C(N)Cc1ccccc1. The molecule has 1 aromatic carbocycles. The lowest BCUT2D eigenvalue weighted by molar-refractivity contribution is -0.150. The van der Waals surface area contributed by atoms with Crippen molar-refractivity contribution in [1.29, 1.82) is 0 Å². The summed E-state index contributed by atoms with van der Waals surface area (Å²) in [6, 6.07) is 9.17. The van der Waals surface area contributed by atoms with Gasteiger partial charge in [0.15, 0.2) is 0 Å². The molecule has 1 unspecified atom stereocenters. The van der Waals surface area contributed by atoms with Crippen molar-refractivity contribution in [3.8, 4) is 0 Å². The lowest BCUT2D eigenvalue weighted by Gasteiger charge is -2.17. The molecule has 94 valence electrons. The van der Waals surface area contributed by atoms with E-state index in [1.165, 1.54) is 0 Å². The number of benzene rings is 1. The first-order valence-corrected chi connectivity index (χ1v) is 6.17. The van der Waals surface area contributed by atoms with Gasteiger partial charge in [0.2, 0.25) is 0 Å². The predicted octanol–water partition coefficient (Wildman–Crippen LogP) is 2.29. The largest absolute Gasteiger partial charge is 0.461 e. The Kier molecular flexibility index (Phi) is 5.70. The summed E-state index contributed by atoms with van der Waals surface area (Å²) < 4.78 is 5.32. The number of hydrogen-bond donors (Lipinski definition) is 1. The van der Waals surface area contributed by atoms with Gasteiger partial charge in [0.25, 0.3) is 0 Å². The lowest BCUT2D eigenvalue weighted by atomic mass is 10.1. The predicted molar refractivity (Wildman–Crippen MR) is 68.6 cm³/mol. The smallest absolute Gasteiger partial charge is 0.323 e. The standard InChI is InChI=1S/C14H21NO2/c1-3-12(4-2)17-14(16)13(15)10-11-8-6-5-7-9-11/h5-9,12-13H,3-4,10,15H2,1-2H3. The molecule has 0 aliphatic heterocycles. The molecule has 0 saturated carbocycles. The molecule has 2 N–H and O–H groups in total. The molecule has 0 radical (unpaired) electrons. The zero-order chi connectivity index (χ0) is 12.7. The fourth-order valence-electron chi connectivity index (χ4n) is 1.66. The van der Waals surface area contributed by atoms with Crippen LogP contribution in [0.4, 0.5) is 0 Å². The van der Waals surface area contributed by atoms with E-state index in [0.29, 0.717) is 6.42 Å². The van der Waals surface area contributed by atoms with E-state index >= 15 is 0 Å². The van der Waals surface area contributed by atoms with Crippen LogP contribution in [-0.4, -0.2) is 18.1 Å². The summed E-state index contributed by atoms with van der Waals surface area (Å²) in [5.41, 5.74) is 6.89. The zero-order valence-corrected chi connectivity index (χ0v) is 10.6. The molecule has 0 saturated heterocycles. The van der Waals surface area contributed by atoms with Crippen LogP contribution in [0.3, 0.4) is 0 Å². The third-order valence-corrected chi connectivity index (χ3v) is 2.79. The molecule has 0 amide bonds. The van der Waals surface area contributed by atoms with Crippen LogP contribution in [0.1, 0.15) is 32.3 Å². The Balaban J connectivity index is 2.47. The molecule has 0 spiro atoms. The third kappa shape index (κ3) is 4.57. The molecule has 0 aliphatic rings. The van der Waals surface area contributed by atoms with Gasteiger partial charge in [-0.15, -0.1) is 0 Å². The van der Waals surface area contributed by atoms with Crippen molar-refractivity contribution in [2.45, 2.75) is 45.3 Å². The third-order valence-electron chi connectivity index (χ3n) is 2.79. The maximum atomic E-state index is 11.7. The Morgan fingerprint density at radius 1 is 1.24 bits per heavy atom. The van der Waals surface area contributed by atoms with Crippen LogP contribution < -0.4 is 5.73 Å².